The van der Waals surface area contributed by atoms with Gasteiger partial charge < -0.3 is 15.4 Å². The maximum atomic E-state index is 11.9. The third-order valence-corrected chi connectivity index (χ3v) is 4.54. The SMILES string of the molecule is CCOc1cccc(NC(=O)CSC2CCNCC2)c1. The Labute approximate surface area is 124 Å². The van der Waals surface area contributed by atoms with E-state index in [2.05, 4.69) is 10.6 Å². The number of piperidine rings is 1. The molecule has 2 rings (SSSR count). The van der Waals surface area contributed by atoms with Crippen LogP contribution in [0.4, 0.5) is 5.69 Å². The number of hydrogen-bond donors (Lipinski definition) is 2. The Morgan fingerprint density at radius 1 is 1.45 bits per heavy atom. The molecule has 0 aliphatic carbocycles. The van der Waals surface area contributed by atoms with E-state index in [-0.39, 0.29) is 5.91 Å². The van der Waals surface area contributed by atoms with E-state index >= 15 is 0 Å². The van der Waals surface area contributed by atoms with E-state index in [9.17, 15) is 4.79 Å². The van der Waals surface area contributed by atoms with Crippen LogP contribution in [0.1, 0.15) is 19.8 Å². The van der Waals surface area contributed by atoms with Crippen molar-refractivity contribution in [2.24, 2.45) is 0 Å². The van der Waals surface area contributed by atoms with Crippen molar-refractivity contribution in [2.75, 3.05) is 30.8 Å². The molecule has 0 aromatic heterocycles. The number of carbonyl (C=O) groups excluding carboxylic acids is 1. The molecule has 4 nitrogen and oxygen atoms in total. The normalized spacial score (nSPS) is 15.8. The van der Waals surface area contributed by atoms with Gasteiger partial charge in [0.05, 0.1) is 12.4 Å². The van der Waals surface area contributed by atoms with Crippen LogP contribution < -0.4 is 15.4 Å². The Morgan fingerprint density at radius 3 is 3.00 bits per heavy atom. The highest BCUT2D eigenvalue weighted by Gasteiger charge is 2.15. The largest absolute Gasteiger partial charge is 0.494 e. The highest BCUT2D eigenvalue weighted by atomic mass is 32.2. The van der Waals surface area contributed by atoms with E-state index in [0.29, 0.717) is 17.6 Å². The zero-order valence-corrected chi connectivity index (χ0v) is 12.7. The number of carbonyl (C=O) groups is 1. The number of ether oxygens (including phenoxy) is 1. The van der Waals surface area contributed by atoms with Crippen LogP contribution in [0.25, 0.3) is 0 Å². The fraction of sp³-hybridized carbons (Fsp3) is 0.533. The molecule has 1 amide bonds. The van der Waals surface area contributed by atoms with Gasteiger partial charge in [0.2, 0.25) is 5.91 Å². The highest BCUT2D eigenvalue weighted by molar-refractivity contribution is 8.00. The van der Waals surface area contributed by atoms with Crippen LogP contribution in [0.5, 0.6) is 5.75 Å². The molecule has 0 spiro atoms. The molecule has 1 fully saturated rings. The average molecular weight is 294 g/mol. The summed E-state index contributed by atoms with van der Waals surface area (Å²) in [6.45, 7) is 4.70. The molecule has 1 aliphatic rings. The third-order valence-electron chi connectivity index (χ3n) is 3.17. The molecule has 0 atom stereocenters. The first-order valence-corrected chi connectivity index (χ1v) is 8.18. The van der Waals surface area contributed by atoms with E-state index < -0.39 is 0 Å². The second kappa shape index (κ2) is 8.17. The first-order valence-electron chi connectivity index (χ1n) is 7.13. The maximum absolute atomic E-state index is 11.9. The lowest BCUT2D eigenvalue weighted by molar-refractivity contribution is -0.113. The molecule has 0 unspecified atom stereocenters. The number of thioether (sulfide) groups is 1. The minimum absolute atomic E-state index is 0.0576. The molecular weight excluding hydrogens is 272 g/mol. The first kappa shape index (κ1) is 15.2. The van der Waals surface area contributed by atoms with Gasteiger partial charge in [0.25, 0.3) is 0 Å². The van der Waals surface area contributed by atoms with Crippen LogP contribution >= 0.6 is 11.8 Å². The Hall–Kier alpha value is -1.20. The summed E-state index contributed by atoms with van der Waals surface area (Å²) >= 11 is 1.76. The Kier molecular flexibility index (Phi) is 6.21. The van der Waals surface area contributed by atoms with Gasteiger partial charge in [-0.1, -0.05) is 6.07 Å². The standard InChI is InChI=1S/C15H22N2O2S/c1-2-19-13-5-3-4-12(10-13)17-15(18)11-20-14-6-8-16-9-7-14/h3-5,10,14,16H,2,6-9,11H2,1H3,(H,17,18). The van der Waals surface area contributed by atoms with Crippen LogP contribution in [0.2, 0.25) is 0 Å². The third kappa shape index (κ3) is 5.06. The summed E-state index contributed by atoms with van der Waals surface area (Å²) in [6.07, 6.45) is 2.30. The molecule has 1 saturated heterocycles. The predicted molar refractivity (Wildman–Crippen MR) is 84.6 cm³/mol. The van der Waals surface area contributed by atoms with Gasteiger partial charge in [-0.05, 0) is 45.0 Å². The quantitative estimate of drug-likeness (QED) is 0.846. The predicted octanol–water partition coefficient (Wildman–Crippen LogP) is 2.51. The number of hydrogen-bond acceptors (Lipinski definition) is 4. The minimum atomic E-state index is 0.0576. The molecule has 0 saturated carbocycles. The summed E-state index contributed by atoms with van der Waals surface area (Å²) in [7, 11) is 0. The fourth-order valence-corrected chi connectivity index (χ4v) is 3.21. The summed E-state index contributed by atoms with van der Waals surface area (Å²) in [6, 6.07) is 7.52. The maximum Gasteiger partial charge on any atom is 0.234 e. The number of rotatable bonds is 6. The van der Waals surface area contributed by atoms with Crippen molar-refractivity contribution in [1.82, 2.24) is 5.32 Å². The molecule has 5 heteroatoms. The van der Waals surface area contributed by atoms with E-state index in [4.69, 9.17) is 4.74 Å². The molecule has 20 heavy (non-hydrogen) atoms. The highest BCUT2D eigenvalue weighted by Crippen LogP contribution is 2.21. The van der Waals surface area contributed by atoms with E-state index in [1.807, 2.05) is 31.2 Å². The number of amides is 1. The van der Waals surface area contributed by atoms with Crippen molar-refractivity contribution in [2.45, 2.75) is 25.0 Å². The monoisotopic (exact) mass is 294 g/mol. The van der Waals surface area contributed by atoms with Gasteiger partial charge in [0.1, 0.15) is 5.75 Å². The summed E-state index contributed by atoms with van der Waals surface area (Å²) in [5.74, 6) is 1.36. The van der Waals surface area contributed by atoms with E-state index in [1.54, 1.807) is 11.8 Å². The van der Waals surface area contributed by atoms with Crippen molar-refractivity contribution >= 4 is 23.4 Å². The second-order valence-corrected chi connectivity index (χ2v) is 6.06. The van der Waals surface area contributed by atoms with Crippen molar-refractivity contribution in [3.05, 3.63) is 24.3 Å². The van der Waals surface area contributed by atoms with Gasteiger partial charge >= 0.3 is 0 Å². The van der Waals surface area contributed by atoms with Gasteiger partial charge in [-0.15, -0.1) is 11.8 Å². The zero-order chi connectivity index (χ0) is 14.2. The summed E-state index contributed by atoms with van der Waals surface area (Å²) in [5.41, 5.74) is 0.798. The van der Waals surface area contributed by atoms with Crippen LogP contribution in [-0.2, 0) is 4.79 Å². The van der Waals surface area contributed by atoms with Crippen LogP contribution in [-0.4, -0.2) is 36.6 Å². The van der Waals surface area contributed by atoms with Crippen LogP contribution in [0, 0.1) is 0 Å². The first-order chi connectivity index (χ1) is 9.78. The lowest BCUT2D eigenvalue weighted by atomic mass is 10.2. The fourth-order valence-electron chi connectivity index (χ4n) is 2.18. The molecule has 1 heterocycles. The Bertz CT molecular complexity index is 434. The molecule has 0 bridgehead atoms. The topological polar surface area (TPSA) is 50.4 Å². The number of anilines is 1. The van der Waals surface area contributed by atoms with Crippen molar-refractivity contribution in [3.8, 4) is 5.75 Å². The lowest BCUT2D eigenvalue weighted by Crippen LogP contribution is -2.30. The van der Waals surface area contributed by atoms with Gasteiger partial charge in [-0.2, -0.15) is 0 Å². The van der Waals surface area contributed by atoms with Gasteiger partial charge in [-0.25, -0.2) is 0 Å². The summed E-state index contributed by atoms with van der Waals surface area (Å²) in [4.78, 5) is 11.9. The van der Waals surface area contributed by atoms with Gasteiger partial charge in [0.15, 0.2) is 0 Å². The van der Waals surface area contributed by atoms with E-state index in [0.717, 1.165) is 37.4 Å². The second-order valence-electron chi connectivity index (χ2n) is 4.77. The van der Waals surface area contributed by atoms with Gasteiger partial charge in [0, 0.05) is 17.0 Å². The van der Waals surface area contributed by atoms with Crippen LogP contribution in [0.15, 0.2) is 24.3 Å². The van der Waals surface area contributed by atoms with Crippen molar-refractivity contribution < 1.29 is 9.53 Å². The molecule has 110 valence electrons. The Balaban J connectivity index is 1.77. The summed E-state index contributed by atoms with van der Waals surface area (Å²) in [5, 5.41) is 6.87. The lowest BCUT2D eigenvalue weighted by Gasteiger charge is -2.21. The molecule has 0 radical (unpaired) electrons. The molecular formula is C15H22N2O2S. The molecule has 1 aromatic carbocycles. The van der Waals surface area contributed by atoms with Gasteiger partial charge in [-0.3, -0.25) is 4.79 Å². The Morgan fingerprint density at radius 2 is 2.25 bits per heavy atom. The van der Waals surface area contributed by atoms with Crippen LogP contribution in [0.3, 0.4) is 0 Å². The average Bonchev–Trinajstić information content (AvgIpc) is 2.47. The zero-order valence-electron chi connectivity index (χ0n) is 11.9. The van der Waals surface area contributed by atoms with Crippen molar-refractivity contribution in [3.63, 3.8) is 0 Å². The van der Waals surface area contributed by atoms with Crippen molar-refractivity contribution in [1.29, 1.82) is 0 Å². The minimum Gasteiger partial charge on any atom is -0.494 e. The number of benzene rings is 1. The molecule has 1 aromatic rings. The number of nitrogens with one attached hydrogen (secondary N) is 2. The smallest absolute Gasteiger partial charge is 0.234 e. The summed E-state index contributed by atoms with van der Waals surface area (Å²) < 4.78 is 5.42. The van der Waals surface area contributed by atoms with E-state index in [1.165, 1.54) is 0 Å². The molecule has 1 aliphatic heterocycles. The molecule has 2 N–H and O–H groups in total.